The van der Waals surface area contributed by atoms with E-state index in [-0.39, 0.29) is 5.91 Å². The number of hydrogen-bond donors (Lipinski definition) is 0. The zero-order valence-electron chi connectivity index (χ0n) is 11.6. The van der Waals surface area contributed by atoms with Crippen LogP contribution in [0, 0.1) is 0 Å². The van der Waals surface area contributed by atoms with E-state index in [1.54, 1.807) is 0 Å². The summed E-state index contributed by atoms with van der Waals surface area (Å²) < 4.78 is 5.41. The molecule has 2 aliphatic rings. The van der Waals surface area contributed by atoms with Crippen LogP contribution in [0.15, 0.2) is 24.3 Å². The third kappa shape index (κ3) is 3.33. The van der Waals surface area contributed by atoms with Crippen molar-refractivity contribution in [3.63, 3.8) is 0 Å². The van der Waals surface area contributed by atoms with Crippen LogP contribution in [0.25, 0.3) is 0 Å². The van der Waals surface area contributed by atoms with Gasteiger partial charge >= 0.3 is 0 Å². The smallest absolute Gasteiger partial charge is 0.227 e. The Labute approximate surface area is 124 Å². The third-order valence-corrected chi connectivity index (χ3v) is 4.33. The number of carbonyl (C=O) groups excluding carboxylic acids is 1. The Kier molecular flexibility index (Phi) is 4.27. The highest BCUT2D eigenvalue weighted by Gasteiger charge is 2.37. The molecular formula is C16H20ClNO2. The van der Waals surface area contributed by atoms with E-state index in [9.17, 15) is 4.79 Å². The number of hydrogen-bond acceptors (Lipinski definition) is 2. The Morgan fingerprint density at radius 3 is 2.30 bits per heavy atom. The van der Waals surface area contributed by atoms with Crippen LogP contribution in [0.5, 0.6) is 0 Å². The van der Waals surface area contributed by atoms with Crippen molar-refractivity contribution in [3.8, 4) is 0 Å². The summed E-state index contributed by atoms with van der Waals surface area (Å²) in [4.78, 5) is 14.8. The summed E-state index contributed by atoms with van der Waals surface area (Å²) in [6.45, 7) is 1.56. The van der Waals surface area contributed by atoms with Gasteiger partial charge in [-0.15, -0.1) is 0 Å². The van der Waals surface area contributed by atoms with Gasteiger partial charge in [-0.1, -0.05) is 23.7 Å². The van der Waals surface area contributed by atoms with Crippen molar-refractivity contribution in [3.05, 3.63) is 34.9 Å². The lowest BCUT2D eigenvalue weighted by atomic mass is 10.0. The monoisotopic (exact) mass is 293 g/mol. The minimum absolute atomic E-state index is 0.252. The van der Waals surface area contributed by atoms with Crippen molar-refractivity contribution in [2.75, 3.05) is 13.2 Å². The van der Waals surface area contributed by atoms with E-state index in [4.69, 9.17) is 16.3 Å². The van der Waals surface area contributed by atoms with Gasteiger partial charge in [0.1, 0.15) is 0 Å². The maximum Gasteiger partial charge on any atom is 0.227 e. The molecular weight excluding hydrogens is 274 g/mol. The summed E-state index contributed by atoms with van der Waals surface area (Å²) in [5.41, 5.74) is 1.04. The lowest BCUT2D eigenvalue weighted by molar-refractivity contribution is -0.135. The van der Waals surface area contributed by atoms with Crippen LogP contribution in [-0.2, 0) is 16.0 Å². The van der Waals surface area contributed by atoms with Gasteiger partial charge in [0.15, 0.2) is 0 Å². The molecule has 3 nitrogen and oxygen atoms in total. The zero-order chi connectivity index (χ0) is 13.9. The highest BCUT2D eigenvalue weighted by molar-refractivity contribution is 6.30. The number of rotatable bonds is 4. The molecule has 20 heavy (non-hydrogen) atoms. The number of carbonyl (C=O) groups is 1. The second kappa shape index (κ2) is 6.15. The predicted octanol–water partition coefficient (Wildman–Crippen LogP) is 3.05. The molecule has 0 radical (unpaired) electrons. The van der Waals surface area contributed by atoms with Crippen LogP contribution in [0.2, 0.25) is 5.02 Å². The normalized spacial score (nSPS) is 19.9. The SMILES string of the molecule is O=C(Cc1ccc(Cl)cc1)N(C1CCOCC1)C1CC1. The second-order valence-electron chi connectivity index (χ2n) is 5.68. The lowest BCUT2D eigenvalue weighted by Crippen LogP contribution is -2.45. The second-order valence-corrected chi connectivity index (χ2v) is 6.12. The van der Waals surface area contributed by atoms with Crippen LogP contribution >= 0.6 is 11.6 Å². The minimum Gasteiger partial charge on any atom is -0.381 e. The fraction of sp³-hybridized carbons (Fsp3) is 0.562. The van der Waals surface area contributed by atoms with Gasteiger partial charge in [-0.2, -0.15) is 0 Å². The Morgan fingerprint density at radius 1 is 1.10 bits per heavy atom. The van der Waals surface area contributed by atoms with Gasteiger partial charge in [-0.3, -0.25) is 4.79 Å². The van der Waals surface area contributed by atoms with Crippen molar-refractivity contribution >= 4 is 17.5 Å². The van der Waals surface area contributed by atoms with Crippen molar-refractivity contribution in [2.24, 2.45) is 0 Å². The Balaban J connectivity index is 1.67. The first-order valence-corrected chi connectivity index (χ1v) is 7.75. The van der Waals surface area contributed by atoms with Gasteiger partial charge in [0.2, 0.25) is 5.91 Å². The van der Waals surface area contributed by atoms with Gasteiger partial charge in [0.25, 0.3) is 0 Å². The van der Waals surface area contributed by atoms with E-state index in [1.807, 2.05) is 24.3 Å². The fourth-order valence-electron chi connectivity index (χ4n) is 2.89. The number of benzene rings is 1. The molecule has 1 saturated heterocycles. The Hall–Kier alpha value is -1.06. The van der Waals surface area contributed by atoms with Crippen molar-refractivity contribution in [1.29, 1.82) is 0 Å². The van der Waals surface area contributed by atoms with E-state index in [0.29, 0.717) is 23.5 Å². The van der Waals surface area contributed by atoms with Crippen LogP contribution in [0.4, 0.5) is 0 Å². The third-order valence-electron chi connectivity index (χ3n) is 4.08. The summed E-state index contributed by atoms with van der Waals surface area (Å²) in [5, 5.41) is 0.713. The van der Waals surface area contributed by atoms with Crippen LogP contribution in [0.3, 0.4) is 0 Å². The molecule has 1 saturated carbocycles. The first kappa shape index (κ1) is 13.9. The molecule has 108 valence electrons. The first-order valence-electron chi connectivity index (χ1n) is 7.37. The van der Waals surface area contributed by atoms with E-state index in [2.05, 4.69) is 4.90 Å². The molecule has 0 unspecified atom stereocenters. The topological polar surface area (TPSA) is 29.5 Å². The van der Waals surface area contributed by atoms with Gasteiger partial charge < -0.3 is 9.64 Å². The van der Waals surface area contributed by atoms with E-state index in [1.165, 1.54) is 0 Å². The Bertz CT molecular complexity index is 464. The average Bonchev–Trinajstić information content (AvgIpc) is 3.28. The summed E-state index contributed by atoms with van der Waals surface area (Å²) >= 11 is 5.88. The first-order chi connectivity index (χ1) is 9.74. The minimum atomic E-state index is 0.252. The lowest BCUT2D eigenvalue weighted by Gasteiger charge is -2.34. The molecule has 4 heteroatoms. The molecule has 0 aromatic heterocycles. The molecule has 1 aliphatic heterocycles. The molecule has 1 aliphatic carbocycles. The van der Waals surface area contributed by atoms with E-state index < -0.39 is 0 Å². The van der Waals surface area contributed by atoms with Crippen molar-refractivity contribution < 1.29 is 9.53 Å². The van der Waals surface area contributed by atoms with Crippen molar-refractivity contribution in [1.82, 2.24) is 4.90 Å². The van der Waals surface area contributed by atoms with E-state index in [0.717, 1.165) is 44.5 Å². The van der Waals surface area contributed by atoms with Gasteiger partial charge in [0.05, 0.1) is 6.42 Å². The summed E-state index contributed by atoms with van der Waals surface area (Å²) in [7, 11) is 0. The van der Waals surface area contributed by atoms with Crippen LogP contribution in [0.1, 0.15) is 31.2 Å². The van der Waals surface area contributed by atoms with Crippen molar-refractivity contribution in [2.45, 2.75) is 44.2 Å². The molecule has 0 N–H and O–H groups in total. The number of amides is 1. The molecule has 1 amide bonds. The molecule has 2 fully saturated rings. The molecule has 1 heterocycles. The molecule has 0 spiro atoms. The molecule has 0 bridgehead atoms. The van der Waals surface area contributed by atoms with Gasteiger partial charge in [-0.05, 0) is 43.4 Å². The van der Waals surface area contributed by atoms with Gasteiger partial charge in [-0.25, -0.2) is 0 Å². The molecule has 3 rings (SSSR count). The standard InChI is InChI=1S/C16H20ClNO2/c17-13-3-1-12(2-4-13)11-16(19)18(14-5-6-14)15-7-9-20-10-8-15/h1-4,14-15H,5-11H2. The zero-order valence-corrected chi connectivity index (χ0v) is 12.3. The number of nitrogens with zero attached hydrogens (tertiary/aromatic N) is 1. The number of ether oxygens (including phenoxy) is 1. The summed E-state index contributed by atoms with van der Waals surface area (Å²) in [6, 6.07) is 8.42. The molecule has 1 aromatic carbocycles. The van der Waals surface area contributed by atoms with Crippen LogP contribution < -0.4 is 0 Å². The number of halogens is 1. The average molecular weight is 294 g/mol. The fourth-order valence-corrected chi connectivity index (χ4v) is 3.02. The maximum atomic E-state index is 12.6. The highest BCUT2D eigenvalue weighted by atomic mass is 35.5. The summed E-state index contributed by atoms with van der Waals surface area (Å²) in [5.74, 6) is 0.252. The highest BCUT2D eigenvalue weighted by Crippen LogP contribution is 2.32. The van der Waals surface area contributed by atoms with Crippen LogP contribution in [-0.4, -0.2) is 36.1 Å². The predicted molar refractivity (Wildman–Crippen MR) is 78.9 cm³/mol. The summed E-state index contributed by atoms with van der Waals surface area (Å²) in [6.07, 6.45) is 4.74. The molecule has 1 aromatic rings. The maximum absolute atomic E-state index is 12.6. The largest absolute Gasteiger partial charge is 0.381 e. The Morgan fingerprint density at radius 2 is 1.70 bits per heavy atom. The van der Waals surface area contributed by atoms with Gasteiger partial charge in [0, 0.05) is 30.3 Å². The van der Waals surface area contributed by atoms with E-state index >= 15 is 0 Å². The quantitative estimate of drug-likeness (QED) is 0.854. The molecule has 0 atom stereocenters.